The largest absolute Gasteiger partial charge is 0.377 e. The van der Waals surface area contributed by atoms with Crippen molar-refractivity contribution in [2.45, 2.75) is 65.6 Å². The van der Waals surface area contributed by atoms with Crippen molar-refractivity contribution in [3.8, 4) is 0 Å². The van der Waals surface area contributed by atoms with Crippen molar-refractivity contribution in [2.24, 2.45) is 5.92 Å². The highest BCUT2D eigenvalue weighted by Crippen LogP contribution is 2.17. The summed E-state index contributed by atoms with van der Waals surface area (Å²) in [6.45, 7) is 15.4. The van der Waals surface area contributed by atoms with Crippen molar-refractivity contribution in [3.05, 3.63) is 0 Å². The van der Waals surface area contributed by atoms with Crippen LogP contribution in [0.2, 0.25) is 0 Å². The zero-order chi connectivity index (χ0) is 13.5. The van der Waals surface area contributed by atoms with Gasteiger partial charge in [-0.25, -0.2) is 0 Å². The first-order chi connectivity index (χ1) is 8.58. The number of ether oxygens (including phenoxy) is 1. The molecular formula is C15H32N2O. The van der Waals surface area contributed by atoms with Crippen LogP contribution in [0.25, 0.3) is 0 Å². The minimum absolute atomic E-state index is 0.346. The molecule has 0 spiro atoms. The van der Waals surface area contributed by atoms with Crippen LogP contribution in [0.3, 0.4) is 0 Å². The normalized spacial score (nSPS) is 27.7. The van der Waals surface area contributed by atoms with E-state index in [9.17, 15) is 0 Å². The Balaban J connectivity index is 2.43. The highest BCUT2D eigenvalue weighted by Gasteiger charge is 2.28. The third-order valence-electron chi connectivity index (χ3n) is 4.20. The molecule has 108 valence electrons. The molecule has 1 aliphatic heterocycles. The van der Waals surface area contributed by atoms with Crippen LogP contribution in [-0.2, 0) is 4.74 Å². The van der Waals surface area contributed by atoms with Gasteiger partial charge < -0.3 is 10.1 Å². The second-order valence-corrected chi connectivity index (χ2v) is 5.88. The van der Waals surface area contributed by atoms with Crippen molar-refractivity contribution in [3.63, 3.8) is 0 Å². The molecule has 18 heavy (non-hydrogen) atoms. The fourth-order valence-electron chi connectivity index (χ4n) is 2.63. The molecule has 0 aliphatic carbocycles. The third kappa shape index (κ3) is 4.87. The first-order valence-corrected chi connectivity index (χ1v) is 7.67. The predicted molar refractivity (Wildman–Crippen MR) is 78.0 cm³/mol. The zero-order valence-corrected chi connectivity index (χ0v) is 12.9. The summed E-state index contributed by atoms with van der Waals surface area (Å²) in [5.74, 6) is 0.760. The van der Waals surface area contributed by atoms with E-state index < -0.39 is 0 Å². The summed E-state index contributed by atoms with van der Waals surface area (Å²) in [6.07, 6.45) is 2.82. The molecule has 1 fully saturated rings. The average molecular weight is 256 g/mol. The van der Waals surface area contributed by atoms with E-state index in [1.165, 1.54) is 19.4 Å². The lowest BCUT2D eigenvalue weighted by molar-refractivity contribution is 0.0311. The van der Waals surface area contributed by atoms with Crippen LogP contribution in [0.5, 0.6) is 0 Å². The summed E-state index contributed by atoms with van der Waals surface area (Å²) in [7, 11) is 0. The van der Waals surface area contributed by atoms with Gasteiger partial charge in [0.2, 0.25) is 0 Å². The fourth-order valence-corrected chi connectivity index (χ4v) is 2.63. The lowest BCUT2D eigenvalue weighted by atomic mass is 9.95. The van der Waals surface area contributed by atoms with Gasteiger partial charge >= 0.3 is 0 Å². The topological polar surface area (TPSA) is 24.5 Å². The SMILES string of the molecule is CCC(C)C1CN(CCOC(C)C)C(CC)CN1. The zero-order valence-electron chi connectivity index (χ0n) is 12.9. The fraction of sp³-hybridized carbons (Fsp3) is 1.00. The summed E-state index contributed by atoms with van der Waals surface area (Å²) < 4.78 is 5.70. The van der Waals surface area contributed by atoms with E-state index in [4.69, 9.17) is 4.74 Å². The minimum Gasteiger partial charge on any atom is -0.377 e. The first kappa shape index (κ1) is 15.9. The Labute approximate surface area is 113 Å². The van der Waals surface area contributed by atoms with E-state index in [1.54, 1.807) is 0 Å². The Morgan fingerprint density at radius 2 is 2.00 bits per heavy atom. The number of hydrogen-bond acceptors (Lipinski definition) is 3. The first-order valence-electron chi connectivity index (χ1n) is 7.67. The van der Waals surface area contributed by atoms with Gasteiger partial charge in [-0.15, -0.1) is 0 Å². The molecule has 0 saturated carbocycles. The van der Waals surface area contributed by atoms with Gasteiger partial charge in [0.25, 0.3) is 0 Å². The molecule has 0 aromatic rings. The number of hydrogen-bond donors (Lipinski definition) is 1. The predicted octanol–water partition coefficient (Wildman–Crippen LogP) is 2.51. The molecule has 0 aromatic carbocycles. The molecule has 0 radical (unpaired) electrons. The standard InChI is InChI=1S/C15H32N2O/c1-6-13(5)15-11-17(8-9-18-12(3)4)14(7-2)10-16-15/h12-16H,6-11H2,1-5H3. The van der Waals surface area contributed by atoms with Crippen LogP contribution in [-0.4, -0.2) is 49.3 Å². The lowest BCUT2D eigenvalue weighted by Gasteiger charge is -2.42. The molecule has 1 heterocycles. The van der Waals surface area contributed by atoms with Gasteiger partial charge in [0.1, 0.15) is 0 Å². The highest BCUT2D eigenvalue weighted by atomic mass is 16.5. The lowest BCUT2D eigenvalue weighted by Crippen LogP contribution is -2.58. The van der Waals surface area contributed by atoms with Crippen LogP contribution in [0.4, 0.5) is 0 Å². The van der Waals surface area contributed by atoms with Gasteiger partial charge in [0, 0.05) is 31.7 Å². The number of nitrogens with one attached hydrogen (secondary N) is 1. The number of piperazine rings is 1. The smallest absolute Gasteiger partial charge is 0.0597 e. The second kappa shape index (κ2) is 8.13. The average Bonchev–Trinajstić information content (AvgIpc) is 2.37. The van der Waals surface area contributed by atoms with Crippen LogP contribution >= 0.6 is 0 Å². The van der Waals surface area contributed by atoms with E-state index in [1.807, 2.05) is 0 Å². The molecular weight excluding hydrogens is 224 g/mol. The molecule has 1 aliphatic rings. The van der Waals surface area contributed by atoms with E-state index >= 15 is 0 Å². The Morgan fingerprint density at radius 1 is 1.28 bits per heavy atom. The monoisotopic (exact) mass is 256 g/mol. The van der Waals surface area contributed by atoms with Gasteiger partial charge in [0.15, 0.2) is 0 Å². The molecule has 0 amide bonds. The van der Waals surface area contributed by atoms with Crippen molar-refractivity contribution in [1.29, 1.82) is 0 Å². The number of nitrogens with zero attached hydrogens (tertiary/aromatic N) is 1. The van der Waals surface area contributed by atoms with Crippen molar-refractivity contribution < 1.29 is 4.74 Å². The van der Waals surface area contributed by atoms with Gasteiger partial charge in [-0.1, -0.05) is 27.2 Å². The molecule has 0 aromatic heterocycles. The summed E-state index contributed by atoms with van der Waals surface area (Å²) in [4.78, 5) is 2.62. The Morgan fingerprint density at radius 3 is 2.56 bits per heavy atom. The molecule has 3 nitrogen and oxygen atoms in total. The number of rotatable bonds is 7. The maximum Gasteiger partial charge on any atom is 0.0597 e. The summed E-state index contributed by atoms with van der Waals surface area (Å²) in [5.41, 5.74) is 0. The van der Waals surface area contributed by atoms with Gasteiger partial charge in [-0.05, 0) is 26.2 Å². The van der Waals surface area contributed by atoms with Gasteiger partial charge in [-0.3, -0.25) is 4.90 Å². The molecule has 3 atom stereocenters. The van der Waals surface area contributed by atoms with Crippen LogP contribution in [0.1, 0.15) is 47.5 Å². The second-order valence-electron chi connectivity index (χ2n) is 5.88. The van der Waals surface area contributed by atoms with E-state index in [0.717, 1.165) is 25.6 Å². The maximum absolute atomic E-state index is 5.70. The molecule has 1 saturated heterocycles. The maximum atomic E-state index is 5.70. The van der Waals surface area contributed by atoms with Crippen molar-refractivity contribution in [2.75, 3.05) is 26.2 Å². The highest BCUT2D eigenvalue weighted by molar-refractivity contribution is 4.87. The van der Waals surface area contributed by atoms with Gasteiger partial charge in [-0.2, -0.15) is 0 Å². The summed E-state index contributed by atoms with van der Waals surface area (Å²) >= 11 is 0. The summed E-state index contributed by atoms with van der Waals surface area (Å²) in [5, 5.41) is 3.72. The Hall–Kier alpha value is -0.120. The summed E-state index contributed by atoms with van der Waals surface area (Å²) in [6, 6.07) is 1.33. The van der Waals surface area contributed by atoms with Crippen molar-refractivity contribution in [1.82, 2.24) is 10.2 Å². The van der Waals surface area contributed by atoms with Crippen molar-refractivity contribution >= 4 is 0 Å². The molecule has 1 N–H and O–H groups in total. The molecule has 1 rings (SSSR count). The molecule has 3 heteroatoms. The van der Waals surface area contributed by atoms with E-state index in [2.05, 4.69) is 44.8 Å². The quantitative estimate of drug-likeness (QED) is 0.757. The third-order valence-corrected chi connectivity index (χ3v) is 4.20. The molecule has 0 bridgehead atoms. The Kier molecular flexibility index (Phi) is 7.20. The van der Waals surface area contributed by atoms with Crippen LogP contribution in [0.15, 0.2) is 0 Å². The van der Waals surface area contributed by atoms with Crippen LogP contribution in [0, 0.1) is 5.92 Å². The van der Waals surface area contributed by atoms with E-state index in [-0.39, 0.29) is 0 Å². The van der Waals surface area contributed by atoms with E-state index in [0.29, 0.717) is 18.2 Å². The Bertz CT molecular complexity index is 221. The van der Waals surface area contributed by atoms with Gasteiger partial charge in [0.05, 0.1) is 12.7 Å². The minimum atomic E-state index is 0.346. The molecule has 3 unspecified atom stereocenters. The van der Waals surface area contributed by atoms with Crippen LogP contribution < -0.4 is 5.32 Å².